The molecule has 3 rings (SSSR count). The molecular formula is C22H26F3NO3. The minimum Gasteiger partial charge on any atom is -0.493 e. The third kappa shape index (κ3) is 6.37. The Balaban J connectivity index is 1.56. The van der Waals surface area contributed by atoms with Crippen LogP contribution in [0.4, 0.5) is 13.2 Å². The quantitative estimate of drug-likeness (QED) is 0.640. The predicted molar refractivity (Wildman–Crippen MR) is 104 cm³/mol. The molecule has 0 unspecified atom stereocenters. The molecule has 2 aromatic carbocycles. The van der Waals surface area contributed by atoms with E-state index in [0.717, 1.165) is 63.4 Å². The minimum atomic E-state index is -4.36. The highest BCUT2D eigenvalue weighted by Gasteiger charge is 2.30. The molecule has 2 aromatic rings. The van der Waals surface area contributed by atoms with Crippen LogP contribution in [0.25, 0.3) is 0 Å². The summed E-state index contributed by atoms with van der Waals surface area (Å²) in [4.78, 5) is 2.40. The van der Waals surface area contributed by atoms with Gasteiger partial charge in [-0.1, -0.05) is 18.2 Å². The highest BCUT2D eigenvalue weighted by atomic mass is 19.4. The van der Waals surface area contributed by atoms with Gasteiger partial charge in [-0.15, -0.1) is 0 Å². The molecule has 1 heterocycles. The van der Waals surface area contributed by atoms with Crippen LogP contribution in [0.5, 0.6) is 11.5 Å². The van der Waals surface area contributed by atoms with Gasteiger partial charge in [0, 0.05) is 13.1 Å². The number of alkyl halides is 3. The van der Waals surface area contributed by atoms with Crippen LogP contribution in [0.15, 0.2) is 42.5 Å². The number of nitrogens with zero attached hydrogens (tertiary/aromatic N) is 1. The van der Waals surface area contributed by atoms with E-state index in [9.17, 15) is 13.2 Å². The van der Waals surface area contributed by atoms with E-state index in [1.807, 2.05) is 18.2 Å². The van der Waals surface area contributed by atoms with Crippen molar-refractivity contribution in [2.24, 2.45) is 0 Å². The molecule has 0 spiro atoms. The Kier molecular flexibility index (Phi) is 7.39. The predicted octanol–water partition coefficient (Wildman–Crippen LogP) is 4.56. The van der Waals surface area contributed by atoms with Crippen molar-refractivity contribution in [1.29, 1.82) is 0 Å². The second kappa shape index (κ2) is 9.98. The molecule has 1 saturated heterocycles. The molecule has 0 bridgehead atoms. The van der Waals surface area contributed by atoms with Crippen molar-refractivity contribution in [2.75, 3.05) is 40.0 Å². The van der Waals surface area contributed by atoms with Crippen LogP contribution in [0.1, 0.15) is 23.1 Å². The lowest BCUT2D eigenvalue weighted by Gasteiger charge is -2.26. The molecule has 29 heavy (non-hydrogen) atoms. The molecule has 0 N–H and O–H groups in total. The van der Waals surface area contributed by atoms with Crippen LogP contribution < -0.4 is 9.47 Å². The molecule has 0 atom stereocenters. The molecule has 0 radical (unpaired) electrons. The van der Waals surface area contributed by atoms with Crippen LogP contribution in [0, 0.1) is 0 Å². The van der Waals surface area contributed by atoms with Crippen molar-refractivity contribution >= 4 is 0 Å². The highest BCUT2D eigenvalue weighted by molar-refractivity contribution is 5.43. The Morgan fingerprint density at radius 3 is 2.52 bits per heavy atom. The minimum absolute atomic E-state index is 0.0384. The van der Waals surface area contributed by atoms with Gasteiger partial charge >= 0.3 is 6.18 Å². The molecule has 7 heteroatoms. The summed E-state index contributed by atoms with van der Waals surface area (Å²) in [6.07, 6.45) is -2.41. The van der Waals surface area contributed by atoms with E-state index in [1.165, 1.54) is 6.07 Å². The van der Waals surface area contributed by atoms with Crippen molar-refractivity contribution in [3.8, 4) is 11.5 Å². The van der Waals surface area contributed by atoms with Gasteiger partial charge in [-0.05, 0) is 54.8 Å². The van der Waals surface area contributed by atoms with E-state index in [0.29, 0.717) is 17.1 Å². The Bertz CT molecular complexity index is 789. The molecule has 4 nitrogen and oxygen atoms in total. The summed E-state index contributed by atoms with van der Waals surface area (Å²) in [6.45, 7) is 4.62. The molecular weight excluding hydrogens is 383 g/mol. The van der Waals surface area contributed by atoms with Gasteiger partial charge in [-0.2, -0.15) is 13.2 Å². The molecule has 158 valence electrons. The van der Waals surface area contributed by atoms with Crippen LogP contribution in [0.2, 0.25) is 0 Å². The van der Waals surface area contributed by atoms with Crippen molar-refractivity contribution < 1.29 is 27.4 Å². The van der Waals surface area contributed by atoms with Crippen LogP contribution in [0.3, 0.4) is 0 Å². The van der Waals surface area contributed by atoms with E-state index < -0.39 is 11.7 Å². The van der Waals surface area contributed by atoms with Crippen molar-refractivity contribution in [2.45, 2.75) is 25.6 Å². The zero-order valence-corrected chi connectivity index (χ0v) is 16.5. The lowest BCUT2D eigenvalue weighted by Crippen LogP contribution is -2.36. The van der Waals surface area contributed by atoms with Crippen LogP contribution in [-0.4, -0.2) is 44.9 Å². The summed E-state index contributed by atoms with van der Waals surface area (Å²) < 4.78 is 55.0. The second-order valence-electron chi connectivity index (χ2n) is 7.03. The van der Waals surface area contributed by atoms with Gasteiger partial charge in [0.1, 0.15) is 6.61 Å². The van der Waals surface area contributed by atoms with Gasteiger partial charge in [0.2, 0.25) is 0 Å². The molecule has 0 aliphatic carbocycles. The van der Waals surface area contributed by atoms with Gasteiger partial charge < -0.3 is 14.2 Å². The van der Waals surface area contributed by atoms with Gasteiger partial charge in [0.25, 0.3) is 0 Å². The SMILES string of the molecule is COc1cc(CCCN2CCOCC2)ccc1OCc1cccc(C(F)(F)F)c1. The first-order chi connectivity index (χ1) is 14.0. The normalized spacial score (nSPS) is 15.3. The average Bonchev–Trinajstić information content (AvgIpc) is 2.73. The number of aryl methyl sites for hydroxylation is 1. The zero-order valence-electron chi connectivity index (χ0n) is 16.5. The van der Waals surface area contributed by atoms with Crippen LogP contribution in [-0.2, 0) is 23.9 Å². The zero-order chi connectivity index (χ0) is 20.7. The van der Waals surface area contributed by atoms with Crippen LogP contribution >= 0.6 is 0 Å². The lowest BCUT2D eigenvalue weighted by atomic mass is 10.1. The van der Waals surface area contributed by atoms with E-state index in [2.05, 4.69) is 4.90 Å². The number of morpholine rings is 1. The number of methoxy groups -OCH3 is 1. The first-order valence-corrected chi connectivity index (χ1v) is 9.71. The number of ether oxygens (including phenoxy) is 3. The summed E-state index contributed by atoms with van der Waals surface area (Å²) >= 11 is 0. The number of hydrogen-bond donors (Lipinski definition) is 0. The maximum atomic E-state index is 12.8. The fourth-order valence-electron chi connectivity index (χ4n) is 3.32. The van der Waals surface area contributed by atoms with Gasteiger partial charge in [0.15, 0.2) is 11.5 Å². The molecule has 0 amide bonds. The Morgan fingerprint density at radius 2 is 1.79 bits per heavy atom. The second-order valence-corrected chi connectivity index (χ2v) is 7.03. The van der Waals surface area contributed by atoms with Gasteiger partial charge in [-0.3, -0.25) is 4.90 Å². The van der Waals surface area contributed by atoms with Gasteiger partial charge in [-0.25, -0.2) is 0 Å². The summed E-state index contributed by atoms with van der Waals surface area (Å²) in [7, 11) is 1.56. The first-order valence-electron chi connectivity index (χ1n) is 9.71. The number of benzene rings is 2. The molecule has 1 fully saturated rings. The molecule has 1 aliphatic heterocycles. The first kappa shape index (κ1) is 21.5. The number of rotatable bonds is 8. The topological polar surface area (TPSA) is 30.9 Å². The monoisotopic (exact) mass is 409 g/mol. The van der Waals surface area contributed by atoms with Crippen molar-refractivity contribution in [3.63, 3.8) is 0 Å². The summed E-state index contributed by atoms with van der Waals surface area (Å²) in [6, 6.07) is 10.9. The Hall–Kier alpha value is -2.25. The fraction of sp³-hybridized carbons (Fsp3) is 0.455. The van der Waals surface area contributed by atoms with E-state index in [-0.39, 0.29) is 6.61 Å². The van der Waals surface area contributed by atoms with E-state index in [4.69, 9.17) is 14.2 Å². The third-order valence-electron chi connectivity index (χ3n) is 4.92. The summed E-state index contributed by atoms with van der Waals surface area (Å²) in [5, 5.41) is 0. The Labute approximate surface area is 169 Å². The fourth-order valence-corrected chi connectivity index (χ4v) is 3.32. The van der Waals surface area contributed by atoms with E-state index >= 15 is 0 Å². The number of halogens is 3. The average molecular weight is 409 g/mol. The summed E-state index contributed by atoms with van der Waals surface area (Å²) in [5.74, 6) is 1.10. The Morgan fingerprint density at radius 1 is 1.00 bits per heavy atom. The van der Waals surface area contributed by atoms with Gasteiger partial charge in [0.05, 0.1) is 25.9 Å². The number of hydrogen-bond acceptors (Lipinski definition) is 4. The third-order valence-corrected chi connectivity index (χ3v) is 4.92. The van der Waals surface area contributed by atoms with Crippen molar-refractivity contribution in [3.05, 3.63) is 59.2 Å². The highest BCUT2D eigenvalue weighted by Crippen LogP contribution is 2.31. The molecule has 1 aliphatic rings. The standard InChI is InChI=1S/C22H26F3NO3/c1-27-21-15-17(5-3-9-26-10-12-28-13-11-26)7-8-20(21)29-16-18-4-2-6-19(14-18)22(23,24)25/h2,4,6-8,14-15H,3,5,9-13,16H2,1H3. The van der Waals surface area contributed by atoms with Crippen molar-refractivity contribution in [1.82, 2.24) is 4.90 Å². The molecule has 0 saturated carbocycles. The largest absolute Gasteiger partial charge is 0.493 e. The van der Waals surface area contributed by atoms with E-state index in [1.54, 1.807) is 13.2 Å². The smallest absolute Gasteiger partial charge is 0.416 e. The maximum Gasteiger partial charge on any atom is 0.416 e. The lowest BCUT2D eigenvalue weighted by molar-refractivity contribution is -0.137. The maximum absolute atomic E-state index is 12.8. The molecule has 0 aromatic heterocycles. The summed E-state index contributed by atoms with van der Waals surface area (Å²) in [5.41, 5.74) is 0.916.